The molecule has 0 saturated carbocycles. The summed E-state index contributed by atoms with van der Waals surface area (Å²) in [7, 11) is 1.44. The van der Waals surface area contributed by atoms with Gasteiger partial charge in [0.1, 0.15) is 0 Å². The Hall–Kier alpha value is -0.570. The molecule has 14 heavy (non-hydrogen) atoms. The number of methoxy groups -OCH3 is 1. The number of carbonyl (C=O) groups excluding carboxylic acids is 1. The van der Waals surface area contributed by atoms with E-state index in [1.807, 2.05) is 13.8 Å². The Balaban J connectivity index is 2.44. The lowest BCUT2D eigenvalue weighted by atomic mass is 9.85. The van der Waals surface area contributed by atoms with Crippen LogP contribution in [0.25, 0.3) is 0 Å². The van der Waals surface area contributed by atoms with Crippen molar-refractivity contribution in [3.8, 4) is 0 Å². The predicted octanol–water partition coefficient (Wildman–Crippen LogP) is 2.14. The van der Waals surface area contributed by atoms with Gasteiger partial charge in [0.25, 0.3) is 0 Å². The van der Waals surface area contributed by atoms with Crippen molar-refractivity contribution in [2.75, 3.05) is 13.7 Å². The normalized spacial score (nSPS) is 23.2. The number of carbonyl (C=O) groups is 1. The lowest BCUT2D eigenvalue weighted by Crippen LogP contribution is -2.32. The highest BCUT2D eigenvalue weighted by atomic mass is 16.5. The van der Waals surface area contributed by atoms with Gasteiger partial charge in [0.2, 0.25) is 0 Å². The van der Waals surface area contributed by atoms with E-state index in [2.05, 4.69) is 0 Å². The summed E-state index contributed by atoms with van der Waals surface area (Å²) in [5, 5.41) is 0. The summed E-state index contributed by atoms with van der Waals surface area (Å²) in [6.45, 7) is 4.66. The maximum absolute atomic E-state index is 11.4. The van der Waals surface area contributed by atoms with E-state index >= 15 is 0 Å². The van der Waals surface area contributed by atoms with Crippen molar-refractivity contribution < 1.29 is 14.3 Å². The molecule has 0 aromatic rings. The molecule has 1 atom stereocenters. The second-order valence-corrected chi connectivity index (χ2v) is 4.57. The highest BCUT2D eigenvalue weighted by Crippen LogP contribution is 2.29. The van der Waals surface area contributed by atoms with Gasteiger partial charge in [-0.1, -0.05) is 0 Å². The van der Waals surface area contributed by atoms with Gasteiger partial charge in [-0.3, -0.25) is 4.79 Å². The third-order valence-electron chi connectivity index (χ3n) is 2.75. The fraction of sp³-hybridized carbons (Fsp3) is 0.909. The molecule has 0 aromatic carbocycles. The Morgan fingerprint density at radius 2 is 2.21 bits per heavy atom. The topological polar surface area (TPSA) is 35.5 Å². The van der Waals surface area contributed by atoms with Crippen molar-refractivity contribution >= 4 is 5.97 Å². The first kappa shape index (κ1) is 11.5. The summed E-state index contributed by atoms with van der Waals surface area (Å²) in [6, 6.07) is 0. The monoisotopic (exact) mass is 200 g/mol. The molecule has 1 rings (SSSR count). The summed E-state index contributed by atoms with van der Waals surface area (Å²) in [4.78, 5) is 11.4. The molecule has 1 aliphatic rings. The van der Waals surface area contributed by atoms with Crippen molar-refractivity contribution in [1.82, 2.24) is 0 Å². The number of esters is 1. The van der Waals surface area contributed by atoms with E-state index in [1.165, 1.54) is 13.5 Å². The van der Waals surface area contributed by atoms with Gasteiger partial charge < -0.3 is 9.47 Å². The van der Waals surface area contributed by atoms with Gasteiger partial charge in [-0.2, -0.15) is 0 Å². The molecule has 0 aliphatic carbocycles. The average molecular weight is 200 g/mol. The summed E-state index contributed by atoms with van der Waals surface area (Å²) in [5.74, 6) is -0.147. The number of hydrogen-bond donors (Lipinski definition) is 0. The molecule has 0 unspecified atom stereocenters. The minimum absolute atomic E-state index is 0.147. The summed E-state index contributed by atoms with van der Waals surface area (Å²) in [6.07, 6.45) is 4.43. The Morgan fingerprint density at radius 1 is 1.50 bits per heavy atom. The van der Waals surface area contributed by atoms with Gasteiger partial charge in [-0.15, -0.1) is 0 Å². The molecule has 0 spiro atoms. The van der Waals surface area contributed by atoms with E-state index in [0.29, 0.717) is 0 Å². The van der Waals surface area contributed by atoms with Crippen molar-refractivity contribution in [3.05, 3.63) is 0 Å². The standard InChI is InChI=1S/C11H20O3/c1-11(2,10(12)13-3)8-9-6-4-5-7-14-9/h9H,4-8H2,1-3H3/t9-/m1/s1. The second-order valence-electron chi connectivity index (χ2n) is 4.57. The molecule has 1 heterocycles. The molecule has 0 bridgehead atoms. The molecule has 3 heteroatoms. The minimum Gasteiger partial charge on any atom is -0.469 e. The van der Waals surface area contributed by atoms with Crippen LogP contribution < -0.4 is 0 Å². The highest BCUT2D eigenvalue weighted by molar-refractivity contribution is 5.75. The number of ether oxygens (including phenoxy) is 2. The van der Waals surface area contributed by atoms with Crippen LogP contribution in [0.5, 0.6) is 0 Å². The Bertz CT molecular complexity index is 193. The second kappa shape index (κ2) is 4.78. The molecule has 0 radical (unpaired) electrons. The predicted molar refractivity (Wildman–Crippen MR) is 54.0 cm³/mol. The zero-order valence-corrected chi connectivity index (χ0v) is 9.34. The fourth-order valence-electron chi connectivity index (χ4n) is 1.90. The smallest absolute Gasteiger partial charge is 0.311 e. The van der Waals surface area contributed by atoms with E-state index in [0.717, 1.165) is 25.9 Å². The average Bonchev–Trinajstić information content (AvgIpc) is 2.17. The zero-order valence-electron chi connectivity index (χ0n) is 9.34. The van der Waals surface area contributed by atoms with Crippen molar-refractivity contribution in [2.24, 2.45) is 5.41 Å². The highest BCUT2D eigenvalue weighted by Gasteiger charge is 2.32. The minimum atomic E-state index is -0.420. The van der Waals surface area contributed by atoms with E-state index in [9.17, 15) is 4.79 Å². The van der Waals surface area contributed by atoms with E-state index in [-0.39, 0.29) is 12.1 Å². The van der Waals surface area contributed by atoms with Crippen LogP contribution in [0.2, 0.25) is 0 Å². The molecular formula is C11H20O3. The van der Waals surface area contributed by atoms with Crippen LogP contribution in [-0.4, -0.2) is 25.8 Å². The van der Waals surface area contributed by atoms with Crippen LogP contribution in [0.15, 0.2) is 0 Å². The van der Waals surface area contributed by atoms with Crippen LogP contribution >= 0.6 is 0 Å². The van der Waals surface area contributed by atoms with Gasteiger partial charge in [0.15, 0.2) is 0 Å². The van der Waals surface area contributed by atoms with Crippen LogP contribution in [-0.2, 0) is 14.3 Å². The molecule has 3 nitrogen and oxygen atoms in total. The third-order valence-corrected chi connectivity index (χ3v) is 2.75. The van der Waals surface area contributed by atoms with Crippen molar-refractivity contribution in [3.63, 3.8) is 0 Å². The van der Waals surface area contributed by atoms with E-state index in [1.54, 1.807) is 0 Å². The van der Waals surface area contributed by atoms with Crippen LogP contribution in [0, 0.1) is 5.41 Å². The SMILES string of the molecule is COC(=O)C(C)(C)C[C@H]1CCCCO1. The van der Waals surface area contributed by atoms with Crippen LogP contribution in [0.1, 0.15) is 39.5 Å². The summed E-state index contributed by atoms with van der Waals surface area (Å²) in [5.41, 5.74) is -0.420. The molecule has 0 aromatic heterocycles. The van der Waals surface area contributed by atoms with Gasteiger partial charge in [-0.25, -0.2) is 0 Å². The largest absolute Gasteiger partial charge is 0.469 e. The van der Waals surface area contributed by atoms with Crippen molar-refractivity contribution in [2.45, 2.75) is 45.6 Å². The van der Waals surface area contributed by atoms with Crippen LogP contribution in [0.3, 0.4) is 0 Å². The quantitative estimate of drug-likeness (QED) is 0.655. The summed E-state index contributed by atoms with van der Waals surface area (Å²) < 4.78 is 10.4. The number of hydrogen-bond acceptors (Lipinski definition) is 3. The Kier molecular flexibility index (Phi) is 3.93. The van der Waals surface area contributed by atoms with E-state index in [4.69, 9.17) is 9.47 Å². The van der Waals surface area contributed by atoms with Gasteiger partial charge in [-0.05, 0) is 39.5 Å². The first-order valence-corrected chi connectivity index (χ1v) is 5.26. The van der Waals surface area contributed by atoms with Crippen LogP contribution in [0.4, 0.5) is 0 Å². The molecule has 1 aliphatic heterocycles. The molecule has 82 valence electrons. The fourth-order valence-corrected chi connectivity index (χ4v) is 1.90. The first-order valence-electron chi connectivity index (χ1n) is 5.26. The molecule has 0 amide bonds. The first-order chi connectivity index (χ1) is 6.56. The molecule has 0 N–H and O–H groups in total. The summed E-state index contributed by atoms with van der Waals surface area (Å²) >= 11 is 0. The Morgan fingerprint density at radius 3 is 2.71 bits per heavy atom. The zero-order chi connectivity index (χ0) is 10.6. The van der Waals surface area contributed by atoms with Crippen molar-refractivity contribution in [1.29, 1.82) is 0 Å². The molecular weight excluding hydrogens is 180 g/mol. The molecule has 1 fully saturated rings. The number of rotatable bonds is 3. The van der Waals surface area contributed by atoms with Gasteiger partial charge in [0.05, 0.1) is 18.6 Å². The van der Waals surface area contributed by atoms with E-state index < -0.39 is 5.41 Å². The van der Waals surface area contributed by atoms with Gasteiger partial charge >= 0.3 is 5.97 Å². The maximum Gasteiger partial charge on any atom is 0.311 e. The third kappa shape index (κ3) is 2.98. The maximum atomic E-state index is 11.4. The lowest BCUT2D eigenvalue weighted by Gasteiger charge is -2.29. The lowest BCUT2D eigenvalue weighted by molar-refractivity contribution is -0.153. The van der Waals surface area contributed by atoms with Gasteiger partial charge in [0, 0.05) is 6.61 Å². The Labute approximate surface area is 85.8 Å². The molecule has 1 saturated heterocycles.